The van der Waals surface area contributed by atoms with Gasteiger partial charge in [0.15, 0.2) is 0 Å². The van der Waals surface area contributed by atoms with Crippen molar-refractivity contribution < 1.29 is 4.79 Å². The molecule has 1 fully saturated rings. The molecular weight excluding hydrogens is 222 g/mol. The maximum absolute atomic E-state index is 11.7. The predicted octanol–water partition coefficient (Wildman–Crippen LogP) is 1.37. The molecule has 16 heavy (non-hydrogen) atoms. The fraction of sp³-hybridized carbons (Fsp3) is 0.636. The number of aryl methyl sites for hydroxylation is 1. The van der Waals surface area contributed by atoms with E-state index in [1.54, 1.807) is 11.3 Å². The van der Waals surface area contributed by atoms with E-state index in [1.165, 1.54) is 4.88 Å². The number of thiazole rings is 1. The van der Waals surface area contributed by atoms with Crippen molar-refractivity contribution in [2.45, 2.75) is 44.7 Å². The fourth-order valence-corrected chi connectivity index (χ4v) is 2.31. The zero-order valence-electron chi connectivity index (χ0n) is 9.62. The molecule has 1 aliphatic rings. The lowest BCUT2D eigenvalue weighted by Gasteiger charge is -2.14. The highest BCUT2D eigenvalue weighted by Crippen LogP contribution is 2.33. The molecule has 1 atom stereocenters. The van der Waals surface area contributed by atoms with Crippen LogP contribution in [0.15, 0.2) is 6.20 Å². The third-order valence-corrected chi connectivity index (χ3v) is 4.20. The number of amides is 1. The van der Waals surface area contributed by atoms with Gasteiger partial charge in [0.2, 0.25) is 5.91 Å². The van der Waals surface area contributed by atoms with Gasteiger partial charge < -0.3 is 11.1 Å². The van der Waals surface area contributed by atoms with Crippen LogP contribution in [0.1, 0.15) is 42.6 Å². The summed E-state index contributed by atoms with van der Waals surface area (Å²) < 4.78 is 0. The Kier molecular flexibility index (Phi) is 2.99. The Bertz CT molecular complexity index is 398. The zero-order chi connectivity index (χ0) is 11.8. The van der Waals surface area contributed by atoms with Crippen molar-refractivity contribution in [3.63, 3.8) is 0 Å². The van der Waals surface area contributed by atoms with Crippen molar-refractivity contribution in [2.75, 3.05) is 0 Å². The van der Waals surface area contributed by atoms with E-state index in [0.29, 0.717) is 0 Å². The highest BCUT2D eigenvalue weighted by molar-refractivity contribution is 7.11. The van der Waals surface area contributed by atoms with E-state index in [4.69, 9.17) is 5.73 Å². The second kappa shape index (κ2) is 4.14. The molecule has 1 unspecified atom stereocenters. The molecule has 0 aliphatic heterocycles. The molecule has 4 nitrogen and oxygen atoms in total. The number of carbonyl (C=O) groups is 1. The third kappa shape index (κ3) is 2.25. The largest absolute Gasteiger partial charge is 0.346 e. The van der Waals surface area contributed by atoms with Gasteiger partial charge in [-0.05, 0) is 26.2 Å². The Morgan fingerprint density at radius 1 is 1.75 bits per heavy atom. The Morgan fingerprint density at radius 2 is 2.44 bits per heavy atom. The van der Waals surface area contributed by atoms with E-state index in [9.17, 15) is 4.79 Å². The van der Waals surface area contributed by atoms with Crippen LogP contribution in [0.2, 0.25) is 0 Å². The Balaban J connectivity index is 1.97. The van der Waals surface area contributed by atoms with Crippen LogP contribution < -0.4 is 11.1 Å². The standard InChI is InChI=1S/C11H17N3OS/c1-3-8-6-13-9(16-8)7(2)14-10(15)11(12)4-5-11/h6-7H,3-5,12H2,1-2H3,(H,14,15). The topological polar surface area (TPSA) is 68.0 Å². The average Bonchev–Trinajstić information content (AvgIpc) is 2.84. The Morgan fingerprint density at radius 3 is 2.94 bits per heavy atom. The van der Waals surface area contributed by atoms with Gasteiger partial charge in [-0.1, -0.05) is 6.92 Å². The van der Waals surface area contributed by atoms with Crippen molar-refractivity contribution in [1.29, 1.82) is 0 Å². The van der Waals surface area contributed by atoms with Crippen LogP contribution in [0, 0.1) is 0 Å². The number of nitrogens with two attached hydrogens (primary N) is 1. The number of hydrogen-bond donors (Lipinski definition) is 2. The van der Waals surface area contributed by atoms with Crippen LogP contribution in [-0.4, -0.2) is 16.4 Å². The van der Waals surface area contributed by atoms with E-state index < -0.39 is 5.54 Å². The normalized spacial score (nSPS) is 19.2. The average molecular weight is 239 g/mol. The number of nitrogens with zero attached hydrogens (tertiary/aromatic N) is 1. The number of carbonyl (C=O) groups excluding carboxylic acids is 1. The van der Waals surface area contributed by atoms with Gasteiger partial charge in [0.1, 0.15) is 5.01 Å². The highest BCUT2D eigenvalue weighted by Gasteiger charge is 2.46. The van der Waals surface area contributed by atoms with Gasteiger partial charge in [0.05, 0.1) is 11.6 Å². The molecule has 88 valence electrons. The lowest BCUT2D eigenvalue weighted by molar-refractivity contribution is -0.123. The third-order valence-electron chi connectivity index (χ3n) is 2.88. The van der Waals surface area contributed by atoms with Crippen LogP contribution in [0.25, 0.3) is 0 Å². The summed E-state index contributed by atoms with van der Waals surface area (Å²) in [5.74, 6) is -0.0479. The lowest BCUT2D eigenvalue weighted by atomic mass is 10.2. The molecule has 0 spiro atoms. The molecule has 1 aromatic rings. The van der Waals surface area contributed by atoms with Crippen LogP contribution in [0.3, 0.4) is 0 Å². The number of hydrogen-bond acceptors (Lipinski definition) is 4. The summed E-state index contributed by atoms with van der Waals surface area (Å²) in [5, 5.41) is 3.87. The monoisotopic (exact) mass is 239 g/mol. The molecule has 0 aromatic carbocycles. The smallest absolute Gasteiger partial charge is 0.240 e. The van der Waals surface area contributed by atoms with Gasteiger partial charge in [-0.25, -0.2) is 4.98 Å². The van der Waals surface area contributed by atoms with Crippen molar-refractivity contribution in [1.82, 2.24) is 10.3 Å². The molecular formula is C11H17N3OS. The molecule has 1 saturated carbocycles. The van der Waals surface area contributed by atoms with E-state index in [-0.39, 0.29) is 11.9 Å². The maximum atomic E-state index is 11.7. The second-order valence-corrected chi connectivity index (χ2v) is 5.52. The SMILES string of the molecule is CCc1cnc(C(C)NC(=O)C2(N)CC2)s1. The quantitative estimate of drug-likeness (QED) is 0.834. The summed E-state index contributed by atoms with van der Waals surface area (Å²) >= 11 is 1.65. The van der Waals surface area contributed by atoms with E-state index in [1.807, 2.05) is 13.1 Å². The van der Waals surface area contributed by atoms with Gasteiger partial charge >= 0.3 is 0 Å². The van der Waals surface area contributed by atoms with Crippen molar-refractivity contribution in [3.8, 4) is 0 Å². The molecule has 1 aromatic heterocycles. The highest BCUT2D eigenvalue weighted by atomic mass is 32.1. The molecule has 3 N–H and O–H groups in total. The van der Waals surface area contributed by atoms with Crippen LogP contribution in [0.5, 0.6) is 0 Å². The minimum absolute atomic E-state index is 0.0428. The van der Waals surface area contributed by atoms with Gasteiger partial charge in [0, 0.05) is 11.1 Å². The van der Waals surface area contributed by atoms with Gasteiger partial charge in [-0.15, -0.1) is 11.3 Å². The first-order chi connectivity index (χ1) is 7.55. The Labute approximate surface area is 99.3 Å². The maximum Gasteiger partial charge on any atom is 0.240 e. The summed E-state index contributed by atoms with van der Waals surface area (Å²) in [5.41, 5.74) is 5.22. The summed E-state index contributed by atoms with van der Waals surface area (Å²) in [6, 6.07) is -0.0428. The molecule has 0 radical (unpaired) electrons. The number of aromatic nitrogens is 1. The van der Waals surface area contributed by atoms with Gasteiger partial charge in [-0.2, -0.15) is 0 Å². The predicted molar refractivity (Wildman–Crippen MR) is 64.2 cm³/mol. The zero-order valence-corrected chi connectivity index (χ0v) is 10.4. The Hall–Kier alpha value is -0.940. The summed E-state index contributed by atoms with van der Waals surface area (Å²) in [6.45, 7) is 4.04. The first-order valence-electron chi connectivity index (χ1n) is 5.59. The minimum Gasteiger partial charge on any atom is -0.346 e. The van der Waals surface area contributed by atoms with E-state index in [0.717, 1.165) is 24.3 Å². The molecule has 1 amide bonds. The van der Waals surface area contributed by atoms with Crippen molar-refractivity contribution in [2.24, 2.45) is 5.73 Å². The second-order valence-electron chi connectivity index (χ2n) is 4.37. The summed E-state index contributed by atoms with van der Waals surface area (Å²) in [7, 11) is 0. The first-order valence-corrected chi connectivity index (χ1v) is 6.41. The summed E-state index contributed by atoms with van der Waals surface area (Å²) in [4.78, 5) is 17.3. The molecule has 1 aliphatic carbocycles. The minimum atomic E-state index is -0.598. The lowest BCUT2D eigenvalue weighted by Crippen LogP contribution is -2.43. The molecule has 0 saturated heterocycles. The van der Waals surface area contributed by atoms with E-state index >= 15 is 0 Å². The van der Waals surface area contributed by atoms with Crippen LogP contribution >= 0.6 is 11.3 Å². The summed E-state index contributed by atoms with van der Waals surface area (Å²) in [6.07, 6.45) is 4.45. The molecule has 2 rings (SSSR count). The molecule has 5 heteroatoms. The van der Waals surface area contributed by atoms with Crippen LogP contribution in [0.4, 0.5) is 0 Å². The first kappa shape index (κ1) is 11.5. The van der Waals surface area contributed by atoms with Gasteiger partial charge in [0.25, 0.3) is 0 Å². The van der Waals surface area contributed by atoms with Crippen molar-refractivity contribution >= 4 is 17.2 Å². The van der Waals surface area contributed by atoms with Crippen LogP contribution in [-0.2, 0) is 11.2 Å². The fourth-order valence-electron chi connectivity index (χ4n) is 1.45. The number of rotatable bonds is 4. The van der Waals surface area contributed by atoms with E-state index in [2.05, 4.69) is 17.2 Å². The van der Waals surface area contributed by atoms with Crippen molar-refractivity contribution in [3.05, 3.63) is 16.1 Å². The van der Waals surface area contributed by atoms with Gasteiger partial charge in [-0.3, -0.25) is 4.79 Å². The molecule has 0 bridgehead atoms. The number of nitrogens with one attached hydrogen (secondary N) is 1. The molecule has 1 heterocycles.